The van der Waals surface area contributed by atoms with Gasteiger partial charge in [-0.3, -0.25) is 13.9 Å². The number of carbonyl (C=O) groups excluding carboxylic acids is 2. The molecular formula is C30H36FN3O5S. The van der Waals surface area contributed by atoms with Crippen LogP contribution in [0.3, 0.4) is 0 Å². The van der Waals surface area contributed by atoms with Gasteiger partial charge in [0.2, 0.25) is 11.8 Å². The van der Waals surface area contributed by atoms with Gasteiger partial charge in [-0.2, -0.15) is 0 Å². The Morgan fingerprint density at radius 3 is 2.25 bits per heavy atom. The number of halogens is 1. The van der Waals surface area contributed by atoms with E-state index in [-0.39, 0.29) is 29.6 Å². The molecule has 1 atom stereocenters. The Morgan fingerprint density at radius 1 is 0.975 bits per heavy atom. The molecule has 214 valence electrons. The molecular weight excluding hydrogens is 533 g/mol. The second-order valence-corrected chi connectivity index (χ2v) is 11.2. The monoisotopic (exact) mass is 569 g/mol. The number of rotatable bonds is 13. The third kappa shape index (κ3) is 7.59. The van der Waals surface area contributed by atoms with Gasteiger partial charge >= 0.3 is 0 Å². The van der Waals surface area contributed by atoms with E-state index >= 15 is 0 Å². The summed E-state index contributed by atoms with van der Waals surface area (Å²) in [6.45, 7) is 7.22. The molecule has 0 fully saturated rings. The number of aryl methyl sites for hydroxylation is 1. The molecule has 0 aromatic heterocycles. The SMILES string of the molecule is CCCNC(=O)C(C)N(Cc1ccc(F)cc1)C(=O)CN(c1ccccc1OCC)S(=O)(=O)c1ccc(C)cc1. The van der Waals surface area contributed by atoms with Gasteiger partial charge in [-0.15, -0.1) is 0 Å². The summed E-state index contributed by atoms with van der Waals surface area (Å²) < 4.78 is 48.2. The molecule has 1 N–H and O–H groups in total. The van der Waals surface area contributed by atoms with Crippen LogP contribution in [0, 0.1) is 12.7 Å². The maximum absolute atomic E-state index is 14.0. The second-order valence-electron chi connectivity index (χ2n) is 9.34. The van der Waals surface area contributed by atoms with Gasteiger partial charge in [-0.05, 0) is 69.2 Å². The zero-order valence-corrected chi connectivity index (χ0v) is 24.1. The highest BCUT2D eigenvalue weighted by molar-refractivity contribution is 7.92. The lowest BCUT2D eigenvalue weighted by Gasteiger charge is -2.32. The highest BCUT2D eigenvalue weighted by Gasteiger charge is 2.33. The normalized spacial score (nSPS) is 11.9. The molecule has 0 radical (unpaired) electrons. The minimum Gasteiger partial charge on any atom is -0.492 e. The largest absolute Gasteiger partial charge is 0.492 e. The van der Waals surface area contributed by atoms with E-state index in [0.717, 1.165) is 9.87 Å². The topological polar surface area (TPSA) is 96.0 Å². The fourth-order valence-electron chi connectivity index (χ4n) is 4.06. The maximum atomic E-state index is 14.0. The van der Waals surface area contributed by atoms with Crippen molar-refractivity contribution in [2.45, 2.75) is 51.6 Å². The Balaban J connectivity index is 2.06. The quantitative estimate of drug-likeness (QED) is 0.323. The summed E-state index contributed by atoms with van der Waals surface area (Å²) >= 11 is 0. The third-order valence-corrected chi connectivity index (χ3v) is 8.08. The minimum absolute atomic E-state index is 0.0102. The summed E-state index contributed by atoms with van der Waals surface area (Å²) in [5.41, 5.74) is 1.67. The van der Waals surface area contributed by atoms with Crippen LogP contribution in [0.15, 0.2) is 77.7 Å². The van der Waals surface area contributed by atoms with Crippen molar-refractivity contribution in [2.24, 2.45) is 0 Å². The van der Waals surface area contributed by atoms with Gasteiger partial charge < -0.3 is 15.0 Å². The number of sulfonamides is 1. The first-order valence-electron chi connectivity index (χ1n) is 13.2. The van der Waals surface area contributed by atoms with E-state index in [2.05, 4.69) is 5.32 Å². The summed E-state index contributed by atoms with van der Waals surface area (Å²) in [7, 11) is -4.22. The summed E-state index contributed by atoms with van der Waals surface area (Å²) in [6, 6.07) is 17.6. The third-order valence-electron chi connectivity index (χ3n) is 6.30. The predicted molar refractivity (Wildman–Crippen MR) is 153 cm³/mol. The Morgan fingerprint density at radius 2 is 1.62 bits per heavy atom. The van der Waals surface area contributed by atoms with Crippen molar-refractivity contribution in [3.8, 4) is 5.75 Å². The smallest absolute Gasteiger partial charge is 0.264 e. The maximum Gasteiger partial charge on any atom is 0.264 e. The summed E-state index contributed by atoms with van der Waals surface area (Å²) in [5.74, 6) is -1.11. The highest BCUT2D eigenvalue weighted by atomic mass is 32.2. The Kier molecular flexibility index (Phi) is 10.7. The highest BCUT2D eigenvalue weighted by Crippen LogP contribution is 2.33. The average Bonchev–Trinajstić information content (AvgIpc) is 2.94. The van der Waals surface area contributed by atoms with Crippen molar-refractivity contribution in [1.82, 2.24) is 10.2 Å². The van der Waals surface area contributed by atoms with E-state index in [1.807, 2.05) is 13.8 Å². The van der Waals surface area contributed by atoms with E-state index < -0.39 is 34.3 Å². The van der Waals surface area contributed by atoms with E-state index in [4.69, 9.17) is 4.74 Å². The fourth-order valence-corrected chi connectivity index (χ4v) is 5.48. The second kappa shape index (κ2) is 13.9. The number of ether oxygens (including phenoxy) is 1. The lowest BCUT2D eigenvalue weighted by Crippen LogP contribution is -2.51. The molecule has 0 saturated carbocycles. The number of amides is 2. The summed E-state index contributed by atoms with van der Waals surface area (Å²) in [4.78, 5) is 28.2. The average molecular weight is 570 g/mol. The fraction of sp³-hybridized carbons (Fsp3) is 0.333. The lowest BCUT2D eigenvalue weighted by atomic mass is 10.1. The van der Waals surface area contributed by atoms with Gasteiger partial charge in [0.1, 0.15) is 24.2 Å². The number of hydrogen-bond donors (Lipinski definition) is 1. The van der Waals surface area contributed by atoms with Crippen LogP contribution >= 0.6 is 0 Å². The van der Waals surface area contributed by atoms with Gasteiger partial charge in [0.15, 0.2) is 0 Å². The lowest BCUT2D eigenvalue weighted by molar-refractivity contribution is -0.139. The minimum atomic E-state index is -4.22. The van der Waals surface area contributed by atoms with Gasteiger partial charge in [-0.25, -0.2) is 12.8 Å². The number of benzene rings is 3. The van der Waals surface area contributed by atoms with Crippen molar-refractivity contribution in [3.63, 3.8) is 0 Å². The zero-order valence-electron chi connectivity index (χ0n) is 23.3. The number of hydrogen-bond acceptors (Lipinski definition) is 5. The predicted octanol–water partition coefficient (Wildman–Crippen LogP) is 4.67. The Bertz CT molecular complexity index is 1400. The van der Waals surface area contributed by atoms with E-state index in [9.17, 15) is 22.4 Å². The van der Waals surface area contributed by atoms with Crippen LogP contribution < -0.4 is 14.4 Å². The van der Waals surface area contributed by atoms with Gasteiger partial charge in [-0.1, -0.05) is 48.9 Å². The Labute approximate surface area is 235 Å². The van der Waals surface area contributed by atoms with Crippen molar-refractivity contribution in [2.75, 3.05) is 24.0 Å². The van der Waals surface area contributed by atoms with Gasteiger partial charge in [0.25, 0.3) is 10.0 Å². The molecule has 3 aromatic rings. The molecule has 1 unspecified atom stereocenters. The molecule has 2 amide bonds. The van der Waals surface area contributed by atoms with E-state index in [1.54, 1.807) is 50.2 Å². The first-order valence-corrected chi connectivity index (χ1v) is 14.6. The first-order chi connectivity index (χ1) is 19.1. The molecule has 0 heterocycles. The molecule has 0 aliphatic heterocycles. The number of anilines is 1. The van der Waals surface area contributed by atoms with Crippen LogP contribution in [0.5, 0.6) is 5.75 Å². The van der Waals surface area contributed by atoms with Crippen molar-refractivity contribution < 1.29 is 27.1 Å². The molecule has 3 rings (SSSR count). The van der Waals surface area contributed by atoms with Crippen LogP contribution in [-0.2, 0) is 26.2 Å². The van der Waals surface area contributed by atoms with E-state index in [1.165, 1.54) is 41.3 Å². The molecule has 3 aromatic carbocycles. The zero-order chi connectivity index (χ0) is 29.3. The molecule has 8 nitrogen and oxygen atoms in total. The molecule has 0 spiro atoms. The molecule has 0 aliphatic carbocycles. The molecule has 0 saturated heterocycles. The summed E-state index contributed by atoms with van der Waals surface area (Å²) in [5, 5.41) is 2.79. The van der Waals surface area contributed by atoms with Crippen LogP contribution in [0.25, 0.3) is 0 Å². The molecule has 0 bridgehead atoms. The standard InChI is InChI=1S/C30H36FN3O5S/c1-5-19-32-30(36)23(4)33(20-24-13-15-25(31)16-14-24)29(35)21-34(27-9-7-8-10-28(27)39-6-2)40(37,38)26-17-11-22(3)12-18-26/h7-18,23H,5-6,19-21H2,1-4H3,(H,32,36). The number of para-hydroxylation sites is 2. The van der Waals surface area contributed by atoms with Crippen LogP contribution in [0.2, 0.25) is 0 Å². The Hall–Kier alpha value is -3.92. The first kappa shape index (κ1) is 30.6. The van der Waals surface area contributed by atoms with Crippen molar-refractivity contribution in [1.29, 1.82) is 0 Å². The van der Waals surface area contributed by atoms with Gasteiger partial charge in [0.05, 0.1) is 17.2 Å². The van der Waals surface area contributed by atoms with Crippen LogP contribution in [0.1, 0.15) is 38.3 Å². The summed E-state index contributed by atoms with van der Waals surface area (Å²) in [6.07, 6.45) is 0.709. The van der Waals surface area contributed by atoms with E-state index in [0.29, 0.717) is 24.3 Å². The van der Waals surface area contributed by atoms with Crippen molar-refractivity contribution in [3.05, 3.63) is 89.7 Å². The molecule has 40 heavy (non-hydrogen) atoms. The molecule has 10 heteroatoms. The number of nitrogens with one attached hydrogen (secondary N) is 1. The number of carbonyl (C=O) groups is 2. The number of nitrogens with zero attached hydrogens (tertiary/aromatic N) is 2. The van der Waals surface area contributed by atoms with Gasteiger partial charge in [0, 0.05) is 13.1 Å². The van der Waals surface area contributed by atoms with Crippen LogP contribution in [-0.4, -0.2) is 50.9 Å². The van der Waals surface area contributed by atoms with Crippen LogP contribution in [0.4, 0.5) is 10.1 Å². The van der Waals surface area contributed by atoms with Crippen molar-refractivity contribution >= 4 is 27.5 Å². The molecule has 0 aliphatic rings.